The topological polar surface area (TPSA) is 52.0 Å². The fourth-order valence-corrected chi connectivity index (χ4v) is 2.10. The normalized spacial score (nSPS) is 14.1. The Bertz CT molecular complexity index is 317. The Kier molecular flexibility index (Phi) is 4.87. The van der Waals surface area contributed by atoms with Crippen molar-refractivity contribution in [1.29, 1.82) is 0 Å². The number of oxazole rings is 1. The molecule has 0 radical (unpaired) electrons. The standard InChI is InChI=1S/C12H22N2OS/c1-9(5-13)7-16-8-11-14-6-10(15-11)12(2,3)4/h6,9H,5,7-8,13H2,1-4H3. The molecule has 0 fully saturated rings. The fraction of sp³-hybridized carbons (Fsp3) is 0.750. The zero-order valence-corrected chi connectivity index (χ0v) is 11.4. The van der Waals surface area contributed by atoms with Crippen LogP contribution in [-0.2, 0) is 11.2 Å². The summed E-state index contributed by atoms with van der Waals surface area (Å²) in [6, 6.07) is 0. The van der Waals surface area contributed by atoms with Crippen LogP contribution < -0.4 is 5.73 Å². The average Bonchev–Trinajstić information content (AvgIpc) is 2.65. The number of nitrogens with zero attached hydrogens (tertiary/aromatic N) is 1. The maximum Gasteiger partial charge on any atom is 0.204 e. The van der Waals surface area contributed by atoms with Gasteiger partial charge in [-0.15, -0.1) is 0 Å². The summed E-state index contributed by atoms with van der Waals surface area (Å²) in [6.07, 6.45) is 1.84. The molecule has 3 nitrogen and oxygen atoms in total. The number of hydrogen-bond donors (Lipinski definition) is 1. The van der Waals surface area contributed by atoms with Gasteiger partial charge in [0.2, 0.25) is 5.89 Å². The van der Waals surface area contributed by atoms with Crippen LogP contribution in [0.5, 0.6) is 0 Å². The monoisotopic (exact) mass is 242 g/mol. The number of hydrogen-bond acceptors (Lipinski definition) is 4. The summed E-state index contributed by atoms with van der Waals surface area (Å²) >= 11 is 1.83. The molecule has 16 heavy (non-hydrogen) atoms. The molecule has 0 aromatic carbocycles. The lowest BCUT2D eigenvalue weighted by molar-refractivity contribution is 0.390. The summed E-state index contributed by atoms with van der Waals surface area (Å²) in [6.45, 7) is 9.28. The third-order valence-electron chi connectivity index (χ3n) is 2.32. The Morgan fingerprint density at radius 1 is 1.50 bits per heavy atom. The van der Waals surface area contributed by atoms with Gasteiger partial charge in [0.1, 0.15) is 5.76 Å². The first kappa shape index (κ1) is 13.6. The second kappa shape index (κ2) is 5.73. The minimum atomic E-state index is 0.0421. The summed E-state index contributed by atoms with van der Waals surface area (Å²) < 4.78 is 5.70. The van der Waals surface area contributed by atoms with Crippen molar-refractivity contribution in [2.75, 3.05) is 12.3 Å². The van der Waals surface area contributed by atoms with Crippen LogP contribution in [0.4, 0.5) is 0 Å². The number of rotatable bonds is 5. The smallest absolute Gasteiger partial charge is 0.204 e. The number of thioether (sulfide) groups is 1. The molecule has 1 atom stereocenters. The highest BCUT2D eigenvalue weighted by molar-refractivity contribution is 7.98. The molecule has 0 saturated carbocycles. The highest BCUT2D eigenvalue weighted by Crippen LogP contribution is 2.24. The SMILES string of the molecule is CC(CN)CSCc1ncc(C(C)(C)C)o1. The highest BCUT2D eigenvalue weighted by atomic mass is 32.2. The summed E-state index contributed by atoms with van der Waals surface area (Å²) in [7, 11) is 0. The van der Waals surface area contributed by atoms with Crippen molar-refractivity contribution in [1.82, 2.24) is 4.98 Å². The molecule has 1 rings (SSSR count). The van der Waals surface area contributed by atoms with E-state index in [0.29, 0.717) is 5.92 Å². The zero-order valence-electron chi connectivity index (χ0n) is 10.6. The first-order valence-corrected chi connectivity index (χ1v) is 6.82. The summed E-state index contributed by atoms with van der Waals surface area (Å²) in [5.74, 6) is 4.22. The van der Waals surface area contributed by atoms with Crippen LogP contribution in [-0.4, -0.2) is 17.3 Å². The molecule has 0 bridgehead atoms. The molecule has 2 N–H and O–H groups in total. The average molecular weight is 242 g/mol. The molecular formula is C12H22N2OS. The maximum absolute atomic E-state index is 5.70. The van der Waals surface area contributed by atoms with Gasteiger partial charge < -0.3 is 10.2 Å². The second-order valence-electron chi connectivity index (χ2n) is 5.22. The van der Waals surface area contributed by atoms with Crippen molar-refractivity contribution < 1.29 is 4.42 Å². The van der Waals surface area contributed by atoms with Gasteiger partial charge >= 0.3 is 0 Å². The summed E-state index contributed by atoms with van der Waals surface area (Å²) in [5.41, 5.74) is 5.60. The third kappa shape index (κ3) is 4.18. The van der Waals surface area contributed by atoms with E-state index in [2.05, 4.69) is 32.7 Å². The van der Waals surface area contributed by atoms with Crippen LogP contribution in [0.15, 0.2) is 10.6 Å². The van der Waals surface area contributed by atoms with Crippen molar-refractivity contribution in [2.45, 2.75) is 38.9 Å². The van der Waals surface area contributed by atoms with Gasteiger partial charge in [-0.05, 0) is 18.2 Å². The molecule has 0 aliphatic heterocycles. The first-order chi connectivity index (χ1) is 7.43. The van der Waals surface area contributed by atoms with Crippen molar-refractivity contribution in [3.63, 3.8) is 0 Å². The number of nitrogens with two attached hydrogens (primary N) is 1. The van der Waals surface area contributed by atoms with Gasteiger partial charge in [-0.25, -0.2) is 4.98 Å². The molecule has 0 aliphatic carbocycles. The van der Waals surface area contributed by atoms with Crippen LogP contribution in [0.25, 0.3) is 0 Å². The molecule has 4 heteroatoms. The lowest BCUT2D eigenvalue weighted by Crippen LogP contribution is -2.12. The van der Waals surface area contributed by atoms with Crippen LogP contribution in [0, 0.1) is 5.92 Å². The minimum Gasteiger partial charge on any atom is -0.444 e. The largest absolute Gasteiger partial charge is 0.444 e. The van der Waals surface area contributed by atoms with E-state index in [9.17, 15) is 0 Å². The maximum atomic E-state index is 5.70. The number of aromatic nitrogens is 1. The van der Waals surface area contributed by atoms with Crippen LogP contribution in [0.1, 0.15) is 39.3 Å². The van der Waals surface area contributed by atoms with Crippen LogP contribution in [0.2, 0.25) is 0 Å². The second-order valence-corrected chi connectivity index (χ2v) is 6.25. The molecule has 92 valence electrons. The van der Waals surface area contributed by atoms with E-state index in [1.54, 1.807) is 0 Å². The van der Waals surface area contributed by atoms with Gasteiger partial charge in [0, 0.05) is 5.41 Å². The molecule has 0 amide bonds. The predicted octanol–water partition coefficient (Wildman–Crippen LogP) is 2.80. The highest BCUT2D eigenvalue weighted by Gasteiger charge is 2.19. The van der Waals surface area contributed by atoms with E-state index in [4.69, 9.17) is 10.2 Å². The van der Waals surface area contributed by atoms with Crippen molar-refractivity contribution in [3.8, 4) is 0 Å². The van der Waals surface area contributed by atoms with E-state index >= 15 is 0 Å². The Labute approximate surface area is 102 Å². The van der Waals surface area contributed by atoms with Gasteiger partial charge in [-0.2, -0.15) is 11.8 Å². The third-order valence-corrected chi connectivity index (χ3v) is 3.58. The molecule has 0 spiro atoms. The van der Waals surface area contributed by atoms with Crippen molar-refractivity contribution in [3.05, 3.63) is 17.8 Å². The molecular weight excluding hydrogens is 220 g/mol. The molecule has 0 saturated heterocycles. The van der Waals surface area contributed by atoms with Crippen LogP contribution >= 0.6 is 11.8 Å². The Morgan fingerprint density at radius 3 is 2.69 bits per heavy atom. The molecule has 1 aromatic heterocycles. The van der Waals surface area contributed by atoms with Gasteiger partial charge in [0.15, 0.2) is 0 Å². The molecule has 0 aliphatic rings. The fourth-order valence-electron chi connectivity index (χ4n) is 1.14. The minimum absolute atomic E-state index is 0.0421. The van der Waals surface area contributed by atoms with Gasteiger partial charge in [-0.3, -0.25) is 0 Å². The summed E-state index contributed by atoms with van der Waals surface area (Å²) in [4.78, 5) is 4.29. The van der Waals surface area contributed by atoms with Crippen molar-refractivity contribution >= 4 is 11.8 Å². The molecule has 1 heterocycles. The van der Waals surface area contributed by atoms with E-state index < -0.39 is 0 Å². The van der Waals surface area contributed by atoms with Gasteiger partial charge in [0.05, 0.1) is 11.9 Å². The Morgan fingerprint density at radius 2 is 2.19 bits per heavy atom. The quantitative estimate of drug-likeness (QED) is 0.862. The predicted molar refractivity (Wildman–Crippen MR) is 69.6 cm³/mol. The van der Waals surface area contributed by atoms with Crippen LogP contribution in [0.3, 0.4) is 0 Å². The molecule has 1 unspecified atom stereocenters. The van der Waals surface area contributed by atoms with Gasteiger partial charge in [0.25, 0.3) is 0 Å². The molecule has 1 aromatic rings. The lowest BCUT2D eigenvalue weighted by atomic mass is 9.94. The van der Waals surface area contributed by atoms with E-state index in [0.717, 1.165) is 29.7 Å². The van der Waals surface area contributed by atoms with Crippen molar-refractivity contribution in [2.24, 2.45) is 11.7 Å². The lowest BCUT2D eigenvalue weighted by Gasteiger charge is -2.13. The van der Waals surface area contributed by atoms with E-state index in [-0.39, 0.29) is 5.41 Å². The van der Waals surface area contributed by atoms with Gasteiger partial charge in [-0.1, -0.05) is 27.7 Å². The van der Waals surface area contributed by atoms with E-state index in [1.165, 1.54) is 0 Å². The summed E-state index contributed by atoms with van der Waals surface area (Å²) in [5, 5.41) is 0. The zero-order chi connectivity index (χ0) is 12.2. The first-order valence-electron chi connectivity index (χ1n) is 5.66. The van der Waals surface area contributed by atoms with E-state index in [1.807, 2.05) is 18.0 Å². The Hall–Kier alpha value is -0.480. The Balaban J connectivity index is 2.41.